The molecule has 2 aromatic rings. The summed E-state index contributed by atoms with van der Waals surface area (Å²) < 4.78 is 0. The summed E-state index contributed by atoms with van der Waals surface area (Å²) in [6, 6.07) is 8.52. The van der Waals surface area contributed by atoms with Crippen LogP contribution in [0.5, 0.6) is 0 Å². The van der Waals surface area contributed by atoms with Gasteiger partial charge in [0.15, 0.2) is 0 Å². The fourth-order valence-corrected chi connectivity index (χ4v) is 2.28. The summed E-state index contributed by atoms with van der Waals surface area (Å²) in [7, 11) is 0. The second-order valence-electron chi connectivity index (χ2n) is 5.17. The van der Waals surface area contributed by atoms with Crippen LogP contribution in [0.4, 0.5) is 0 Å². The molecule has 0 spiro atoms. The fraction of sp³-hybridized carbons (Fsp3) is 0.444. The molecule has 0 atom stereocenters. The van der Waals surface area contributed by atoms with Crippen molar-refractivity contribution in [2.24, 2.45) is 0 Å². The van der Waals surface area contributed by atoms with Gasteiger partial charge in [-0.25, -0.2) is 12.1 Å². The Morgan fingerprint density at radius 1 is 0.857 bits per heavy atom. The third kappa shape index (κ3) is 7.30. The van der Waals surface area contributed by atoms with E-state index in [0.717, 1.165) is 0 Å². The van der Waals surface area contributed by atoms with Crippen LogP contribution in [-0.4, -0.2) is 0 Å². The fourth-order valence-electron chi connectivity index (χ4n) is 2.28. The van der Waals surface area contributed by atoms with Crippen molar-refractivity contribution in [2.45, 2.75) is 54.4 Å². The van der Waals surface area contributed by atoms with E-state index < -0.39 is 0 Å². The first-order chi connectivity index (χ1) is 8.49. The molecule has 0 fully saturated rings. The van der Waals surface area contributed by atoms with Gasteiger partial charge in [0, 0.05) is 0 Å². The van der Waals surface area contributed by atoms with Crippen LogP contribution in [0.1, 0.15) is 46.7 Å². The summed E-state index contributed by atoms with van der Waals surface area (Å²) in [6.07, 6.45) is 2.48. The van der Waals surface area contributed by atoms with Crippen molar-refractivity contribution < 1.29 is 50.7 Å². The summed E-state index contributed by atoms with van der Waals surface area (Å²) in [5.41, 5.74) is 8.80. The van der Waals surface area contributed by atoms with Crippen LogP contribution in [-0.2, 0) is 32.3 Å². The Morgan fingerprint density at radius 3 is 1.48 bits per heavy atom. The molecule has 0 radical (unpaired) electrons. The molecule has 0 amide bonds. The van der Waals surface area contributed by atoms with Gasteiger partial charge >= 0.3 is 25.8 Å². The number of rotatable bonds is 2. The average molecular weight is 492 g/mol. The number of halogens is 2. The van der Waals surface area contributed by atoms with E-state index in [4.69, 9.17) is 0 Å². The molecule has 0 unspecified atom stereocenters. The predicted molar refractivity (Wildman–Crippen MR) is 81.8 cm³/mol. The maximum absolute atomic E-state index is 2.20. The number of hydrogen-bond acceptors (Lipinski definition) is 0. The van der Waals surface area contributed by atoms with Crippen molar-refractivity contribution in [1.82, 2.24) is 0 Å². The summed E-state index contributed by atoms with van der Waals surface area (Å²) in [5, 5.41) is 0. The van der Waals surface area contributed by atoms with E-state index in [9.17, 15) is 0 Å². The molecule has 116 valence electrons. The Labute approximate surface area is 162 Å². The van der Waals surface area contributed by atoms with Crippen LogP contribution >= 0.6 is 0 Å². The van der Waals surface area contributed by atoms with E-state index in [1.165, 1.54) is 46.2 Å². The first-order valence-electron chi connectivity index (χ1n) is 6.89. The zero-order chi connectivity index (χ0) is 13.7. The van der Waals surface area contributed by atoms with Gasteiger partial charge in [-0.1, -0.05) is 54.4 Å². The zero-order valence-electron chi connectivity index (χ0n) is 14.0. The van der Waals surface area contributed by atoms with Gasteiger partial charge < -0.3 is 24.8 Å². The molecule has 0 aliphatic rings. The molecule has 0 bridgehead atoms. The quantitative estimate of drug-likeness (QED) is 0.386. The third-order valence-electron chi connectivity index (χ3n) is 4.08. The maximum atomic E-state index is 2.20. The normalized spacial score (nSPS) is 8.67. The largest absolute Gasteiger partial charge is 4.00 e. The van der Waals surface area contributed by atoms with E-state index in [2.05, 4.69) is 65.8 Å². The van der Waals surface area contributed by atoms with Gasteiger partial charge in [-0.2, -0.15) is 45.5 Å². The van der Waals surface area contributed by atoms with E-state index in [1.54, 1.807) is 0 Å². The van der Waals surface area contributed by atoms with Crippen LogP contribution in [0.25, 0.3) is 0 Å². The molecule has 0 nitrogen and oxygen atoms in total. The molecule has 21 heavy (non-hydrogen) atoms. The Morgan fingerprint density at radius 2 is 1.24 bits per heavy atom. The number of hydrogen-bond donors (Lipinski definition) is 0. The SMILES string of the molecule is CCC[c-]1cccc1.Cc1c(C)c(C)[c-](C)c1C.[Cl-].[Cl-].[Hf+4]. The molecule has 0 aromatic heterocycles. The van der Waals surface area contributed by atoms with Gasteiger partial charge in [-0.3, -0.25) is 0 Å². The molecule has 0 heterocycles. The van der Waals surface area contributed by atoms with E-state index in [-0.39, 0.29) is 50.7 Å². The molecule has 2 aromatic carbocycles. The Bertz CT molecular complexity index is 401. The maximum Gasteiger partial charge on any atom is 4.00 e. The van der Waals surface area contributed by atoms with Gasteiger partial charge in [0.25, 0.3) is 0 Å². The topological polar surface area (TPSA) is 0 Å². The second kappa shape index (κ2) is 12.7. The molecule has 2 rings (SSSR count). The van der Waals surface area contributed by atoms with Crippen molar-refractivity contribution in [3.8, 4) is 0 Å². The molecular weight excluding hydrogens is 466 g/mol. The Kier molecular flexibility index (Phi) is 15.7. The van der Waals surface area contributed by atoms with Crippen molar-refractivity contribution >= 4 is 0 Å². The minimum Gasteiger partial charge on any atom is -1.00 e. The zero-order valence-corrected chi connectivity index (χ0v) is 19.1. The Balaban J connectivity index is -0.000000274. The third-order valence-corrected chi connectivity index (χ3v) is 4.08. The molecule has 0 saturated carbocycles. The predicted octanol–water partition coefficient (Wildman–Crippen LogP) is -0.689. The van der Waals surface area contributed by atoms with Crippen LogP contribution in [0, 0.1) is 34.6 Å². The van der Waals surface area contributed by atoms with Crippen LogP contribution in [0.15, 0.2) is 24.3 Å². The summed E-state index contributed by atoms with van der Waals surface area (Å²) in [5.74, 6) is 0. The van der Waals surface area contributed by atoms with Gasteiger partial charge in [-0.15, -0.1) is 0 Å². The second-order valence-corrected chi connectivity index (χ2v) is 5.17. The molecule has 3 heteroatoms. The van der Waals surface area contributed by atoms with Crippen molar-refractivity contribution in [3.63, 3.8) is 0 Å². The summed E-state index contributed by atoms with van der Waals surface area (Å²) in [4.78, 5) is 0. The molecule has 0 N–H and O–H groups in total. The van der Waals surface area contributed by atoms with Gasteiger partial charge in [0.05, 0.1) is 0 Å². The average Bonchev–Trinajstić information content (AvgIpc) is 2.93. The van der Waals surface area contributed by atoms with Gasteiger partial charge in [0.1, 0.15) is 0 Å². The first-order valence-corrected chi connectivity index (χ1v) is 6.89. The first kappa shape index (κ1) is 26.1. The van der Waals surface area contributed by atoms with Gasteiger partial charge in [-0.05, 0) is 0 Å². The standard InChI is InChI=1S/C10H15.C8H11.2ClH.Hf/c1-6-7(2)9(4)10(5)8(6)3;1-2-5-8-6-3-4-7-8;;;/h1-5H3;3-4,6-7H,2,5H2,1H3;2*1H;/q2*-1;;;+4/p-2. The summed E-state index contributed by atoms with van der Waals surface area (Å²) >= 11 is 0. The van der Waals surface area contributed by atoms with Crippen molar-refractivity contribution in [3.05, 3.63) is 57.6 Å². The van der Waals surface area contributed by atoms with Crippen LogP contribution < -0.4 is 24.8 Å². The Hall–Kier alpha value is 0.150. The van der Waals surface area contributed by atoms with Crippen LogP contribution in [0.3, 0.4) is 0 Å². The smallest absolute Gasteiger partial charge is 1.00 e. The molecule has 0 saturated heterocycles. The van der Waals surface area contributed by atoms with E-state index in [1.807, 2.05) is 0 Å². The van der Waals surface area contributed by atoms with Crippen LogP contribution in [0.2, 0.25) is 0 Å². The monoisotopic (exact) mass is 492 g/mol. The molecule has 0 aliphatic carbocycles. The molecule has 0 aliphatic heterocycles. The van der Waals surface area contributed by atoms with Crippen molar-refractivity contribution in [2.75, 3.05) is 0 Å². The van der Waals surface area contributed by atoms with Gasteiger partial charge in [0.2, 0.25) is 0 Å². The van der Waals surface area contributed by atoms with E-state index >= 15 is 0 Å². The minimum absolute atomic E-state index is 0. The summed E-state index contributed by atoms with van der Waals surface area (Å²) in [6.45, 7) is 13.2. The molecular formula is C18H26Cl2Hf. The minimum atomic E-state index is 0. The number of aryl methyl sites for hydroxylation is 1. The van der Waals surface area contributed by atoms with Crippen molar-refractivity contribution in [1.29, 1.82) is 0 Å². The van der Waals surface area contributed by atoms with E-state index in [0.29, 0.717) is 0 Å².